The zero-order valence-corrected chi connectivity index (χ0v) is 11.0. The van der Waals surface area contributed by atoms with Gasteiger partial charge < -0.3 is 4.84 Å². The van der Waals surface area contributed by atoms with E-state index in [9.17, 15) is 21.6 Å². The maximum absolute atomic E-state index is 12.5. The van der Waals surface area contributed by atoms with Gasteiger partial charge >= 0.3 is 6.18 Å². The largest absolute Gasteiger partial charge is 0.405 e. The van der Waals surface area contributed by atoms with Gasteiger partial charge in [0, 0.05) is 6.42 Å². The molecule has 0 radical (unpaired) electrons. The van der Waals surface area contributed by atoms with Gasteiger partial charge in [-0.15, -0.1) is 0 Å². The van der Waals surface area contributed by atoms with Crippen molar-refractivity contribution < 1.29 is 26.4 Å². The van der Waals surface area contributed by atoms with Crippen molar-refractivity contribution in [3.63, 3.8) is 0 Å². The lowest BCUT2D eigenvalue weighted by atomic mass is 9.98. The van der Waals surface area contributed by atoms with Crippen LogP contribution in [0, 0.1) is 0 Å². The lowest BCUT2D eigenvalue weighted by Crippen LogP contribution is -2.42. The Bertz CT molecular complexity index is 417. The molecule has 0 aliphatic heterocycles. The Morgan fingerprint density at radius 2 is 2.06 bits per heavy atom. The molecule has 1 rings (SSSR count). The number of sulfone groups is 1. The van der Waals surface area contributed by atoms with Crippen molar-refractivity contribution in [3.05, 3.63) is 0 Å². The molecule has 0 aromatic carbocycles. The second kappa shape index (κ2) is 5.46. The summed E-state index contributed by atoms with van der Waals surface area (Å²) in [7, 11) is -2.91. The smallest absolute Gasteiger partial charge is 0.399 e. The first-order valence-corrected chi connectivity index (χ1v) is 7.19. The van der Waals surface area contributed by atoms with Crippen LogP contribution < -0.4 is 0 Å². The van der Waals surface area contributed by atoms with E-state index in [4.69, 9.17) is 0 Å². The van der Waals surface area contributed by atoms with Crippen LogP contribution in [0.2, 0.25) is 0 Å². The molecule has 0 aromatic heterocycles. The molecule has 0 bridgehead atoms. The van der Waals surface area contributed by atoms with E-state index in [1.165, 1.54) is 7.11 Å². The van der Waals surface area contributed by atoms with E-state index in [2.05, 4.69) is 9.99 Å². The molecule has 0 amide bonds. The predicted octanol–water partition coefficient (Wildman–Crippen LogP) is 2.30. The molecule has 0 N–H and O–H groups in total. The van der Waals surface area contributed by atoms with Gasteiger partial charge in [0.05, 0.1) is 11.0 Å². The first-order valence-electron chi connectivity index (χ1n) is 5.58. The Hall–Kier alpha value is -0.790. The van der Waals surface area contributed by atoms with Crippen LogP contribution in [0.4, 0.5) is 13.2 Å². The first-order chi connectivity index (χ1) is 8.19. The van der Waals surface area contributed by atoms with Gasteiger partial charge in [-0.05, 0) is 26.2 Å². The van der Waals surface area contributed by atoms with Crippen molar-refractivity contribution in [3.8, 4) is 0 Å². The third-order valence-electron chi connectivity index (χ3n) is 3.09. The van der Waals surface area contributed by atoms with Crippen molar-refractivity contribution in [2.75, 3.05) is 7.11 Å². The monoisotopic (exact) mass is 287 g/mol. The van der Waals surface area contributed by atoms with Crippen LogP contribution >= 0.6 is 0 Å². The van der Waals surface area contributed by atoms with E-state index < -0.39 is 26.5 Å². The molecule has 0 spiro atoms. The van der Waals surface area contributed by atoms with Gasteiger partial charge in [-0.2, -0.15) is 13.2 Å². The number of hydrogen-bond acceptors (Lipinski definition) is 4. The highest BCUT2D eigenvalue weighted by molar-refractivity contribution is 7.92. The highest BCUT2D eigenvalue weighted by Gasteiger charge is 2.48. The number of hydrogen-bond donors (Lipinski definition) is 0. The lowest BCUT2D eigenvalue weighted by Gasteiger charge is -2.26. The molecule has 1 fully saturated rings. The molecule has 0 saturated heterocycles. The van der Waals surface area contributed by atoms with Crippen LogP contribution in [-0.2, 0) is 14.7 Å². The Labute approximate surface area is 104 Å². The maximum Gasteiger partial charge on any atom is 0.405 e. The molecule has 8 heteroatoms. The third kappa shape index (κ3) is 3.37. The Morgan fingerprint density at radius 1 is 1.44 bits per heavy atom. The van der Waals surface area contributed by atoms with E-state index in [1.807, 2.05) is 0 Å². The predicted molar refractivity (Wildman–Crippen MR) is 61.1 cm³/mol. The molecule has 4 nitrogen and oxygen atoms in total. The summed E-state index contributed by atoms with van der Waals surface area (Å²) in [5, 5.41) is 0.287. The van der Waals surface area contributed by atoms with Crippen LogP contribution in [-0.4, -0.2) is 37.9 Å². The average Bonchev–Trinajstić information content (AvgIpc) is 2.27. The minimum atomic E-state index is -4.73. The standard InChI is InChI=1S/C10H16F3NO3S/c1-7(10(11,12)13)18(15,16)9-5-3-4-8(6-9)14-17-2/h7,9H,3-6H2,1-2H3. The molecule has 1 aliphatic carbocycles. The molecular weight excluding hydrogens is 271 g/mol. The SMILES string of the molecule is CON=C1CCCC(S(=O)(=O)C(C)C(F)(F)F)C1. The first kappa shape index (κ1) is 15.3. The van der Waals surface area contributed by atoms with E-state index >= 15 is 0 Å². The highest BCUT2D eigenvalue weighted by Crippen LogP contribution is 2.32. The Morgan fingerprint density at radius 3 is 2.56 bits per heavy atom. The molecule has 18 heavy (non-hydrogen) atoms. The summed E-state index contributed by atoms with van der Waals surface area (Å²) in [6.07, 6.45) is -3.38. The van der Waals surface area contributed by atoms with E-state index in [0.29, 0.717) is 25.5 Å². The zero-order chi connectivity index (χ0) is 14.0. The summed E-state index contributed by atoms with van der Waals surface area (Å²) >= 11 is 0. The van der Waals surface area contributed by atoms with Crippen molar-refractivity contribution in [1.82, 2.24) is 0 Å². The molecule has 1 aliphatic rings. The van der Waals surface area contributed by atoms with Gasteiger partial charge in [-0.25, -0.2) is 8.42 Å². The molecule has 0 aromatic rings. The summed E-state index contributed by atoms with van der Waals surface area (Å²) in [4.78, 5) is 4.54. The molecule has 0 heterocycles. The van der Waals surface area contributed by atoms with Crippen molar-refractivity contribution in [2.45, 2.75) is 49.3 Å². The van der Waals surface area contributed by atoms with E-state index in [-0.39, 0.29) is 12.8 Å². The summed E-state index contributed by atoms with van der Waals surface area (Å²) in [5.41, 5.74) is 0.506. The van der Waals surface area contributed by atoms with Gasteiger partial charge in [-0.3, -0.25) is 0 Å². The van der Waals surface area contributed by atoms with Crippen LogP contribution in [0.25, 0.3) is 0 Å². The van der Waals surface area contributed by atoms with Crippen LogP contribution in [0.3, 0.4) is 0 Å². The number of alkyl halides is 3. The number of oxime groups is 1. The van der Waals surface area contributed by atoms with Gasteiger partial charge in [-0.1, -0.05) is 5.16 Å². The molecular formula is C10H16F3NO3S. The summed E-state index contributed by atoms with van der Waals surface area (Å²) < 4.78 is 61.3. The molecule has 106 valence electrons. The highest BCUT2D eigenvalue weighted by atomic mass is 32.2. The van der Waals surface area contributed by atoms with Crippen molar-refractivity contribution in [2.24, 2.45) is 5.16 Å². The van der Waals surface area contributed by atoms with Gasteiger partial charge in [0.25, 0.3) is 0 Å². The summed E-state index contributed by atoms with van der Waals surface area (Å²) in [6.45, 7) is 0.692. The van der Waals surface area contributed by atoms with Gasteiger partial charge in [0.1, 0.15) is 7.11 Å². The zero-order valence-electron chi connectivity index (χ0n) is 10.2. The summed E-state index contributed by atoms with van der Waals surface area (Å²) in [5.74, 6) is 0. The quantitative estimate of drug-likeness (QED) is 0.748. The van der Waals surface area contributed by atoms with Crippen LogP contribution in [0.1, 0.15) is 32.6 Å². The van der Waals surface area contributed by atoms with Gasteiger partial charge in [0.15, 0.2) is 15.1 Å². The van der Waals surface area contributed by atoms with Crippen LogP contribution in [0.5, 0.6) is 0 Å². The number of halogens is 3. The fourth-order valence-electron chi connectivity index (χ4n) is 1.97. The summed E-state index contributed by atoms with van der Waals surface area (Å²) in [6, 6.07) is 0. The minimum Gasteiger partial charge on any atom is -0.399 e. The fourth-order valence-corrected chi connectivity index (χ4v) is 3.84. The molecule has 2 atom stereocenters. The normalized spacial score (nSPS) is 26.1. The molecule has 1 saturated carbocycles. The minimum absolute atomic E-state index is 0.0244. The van der Waals surface area contributed by atoms with Crippen LogP contribution in [0.15, 0.2) is 5.16 Å². The van der Waals surface area contributed by atoms with Gasteiger partial charge in [0.2, 0.25) is 0 Å². The molecule has 2 unspecified atom stereocenters. The number of nitrogens with zero attached hydrogens (tertiary/aromatic N) is 1. The Balaban J connectivity index is 2.89. The number of rotatable bonds is 3. The van der Waals surface area contributed by atoms with E-state index in [1.54, 1.807) is 0 Å². The second-order valence-corrected chi connectivity index (χ2v) is 6.88. The van der Waals surface area contributed by atoms with E-state index in [0.717, 1.165) is 0 Å². The average molecular weight is 287 g/mol. The van der Waals surface area contributed by atoms with Crippen molar-refractivity contribution >= 4 is 15.5 Å². The fraction of sp³-hybridized carbons (Fsp3) is 0.900. The maximum atomic E-state index is 12.5. The topological polar surface area (TPSA) is 55.7 Å². The Kier molecular flexibility index (Phi) is 4.63. The van der Waals surface area contributed by atoms with Crippen molar-refractivity contribution in [1.29, 1.82) is 0 Å². The third-order valence-corrected chi connectivity index (χ3v) is 5.68. The lowest BCUT2D eigenvalue weighted by molar-refractivity contribution is -0.127. The second-order valence-electron chi connectivity index (χ2n) is 4.33.